The molecule has 0 fully saturated rings. The minimum Gasteiger partial charge on any atom is -0.465 e. The van der Waals surface area contributed by atoms with E-state index in [2.05, 4.69) is 21.0 Å². The van der Waals surface area contributed by atoms with Crippen molar-refractivity contribution in [3.63, 3.8) is 0 Å². The predicted octanol–water partition coefficient (Wildman–Crippen LogP) is 1.53. The second-order valence-corrected chi connectivity index (χ2v) is 4.21. The first-order chi connectivity index (χ1) is 6.58. The van der Waals surface area contributed by atoms with Crippen molar-refractivity contribution in [2.24, 2.45) is 0 Å². The number of nitrogens with zero attached hydrogens (tertiary/aromatic N) is 3. The van der Waals surface area contributed by atoms with Crippen LogP contribution < -0.4 is 0 Å². The summed E-state index contributed by atoms with van der Waals surface area (Å²) in [5.74, 6) is 0. The first kappa shape index (κ1) is 9.51. The maximum absolute atomic E-state index is 10.9. The summed E-state index contributed by atoms with van der Waals surface area (Å²) in [5, 5.41) is 13.1. The fourth-order valence-corrected chi connectivity index (χ4v) is 2.10. The molecule has 1 amide bonds. The SMILES string of the molecule is CC1Cn2nc(Br)cc2CN1C(=O)O. The Morgan fingerprint density at radius 2 is 2.50 bits per heavy atom. The summed E-state index contributed by atoms with van der Waals surface area (Å²) < 4.78 is 2.60. The van der Waals surface area contributed by atoms with E-state index < -0.39 is 6.09 Å². The van der Waals surface area contributed by atoms with Crippen LogP contribution in [0.5, 0.6) is 0 Å². The lowest BCUT2D eigenvalue weighted by atomic mass is 10.2. The van der Waals surface area contributed by atoms with Crippen molar-refractivity contribution in [3.8, 4) is 0 Å². The van der Waals surface area contributed by atoms with Crippen LogP contribution in [-0.2, 0) is 13.1 Å². The first-order valence-corrected chi connectivity index (χ1v) is 5.09. The van der Waals surface area contributed by atoms with Gasteiger partial charge < -0.3 is 5.11 Å². The van der Waals surface area contributed by atoms with Crippen molar-refractivity contribution in [1.29, 1.82) is 0 Å². The number of rotatable bonds is 0. The topological polar surface area (TPSA) is 58.4 Å². The molecular weight excluding hydrogens is 250 g/mol. The first-order valence-electron chi connectivity index (χ1n) is 4.29. The molecule has 76 valence electrons. The van der Waals surface area contributed by atoms with Gasteiger partial charge in [0.2, 0.25) is 0 Å². The molecular formula is C8H10BrN3O2. The zero-order valence-electron chi connectivity index (χ0n) is 7.64. The van der Waals surface area contributed by atoms with Crippen LogP contribution >= 0.6 is 15.9 Å². The van der Waals surface area contributed by atoms with Crippen molar-refractivity contribution in [1.82, 2.24) is 14.7 Å². The molecule has 1 N–H and O–H groups in total. The van der Waals surface area contributed by atoms with Gasteiger partial charge in [-0.05, 0) is 28.9 Å². The molecule has 0 aliphatic carbocycles. The molecule has 14 heavy (non-hydrogen) atoms. The molecule has 0 aromatic carbocycles. The standard InChI is InChI=1S/C8H10BrN3O2/c1-5-3-12-6(2-7(9)10-12)4-11(5)8(13)14/h2,5H,3-4H2,1H3,(H,13,14). The highest BCUT2D eigenvalue weighted by molar-refractivity contribution is 9.10. The van der Waals surface area contributed by atoms with Gasteiger partial charge in [-0.25, -0.2) is 4.79 Å². The molecule has 2 rings (SSSR count). The van der Waals surface area contributed by atoms with Crippen LogP contribution in [0.2, 0.25) is 0 Å². The summed E-state index contributed by atoms with van der Waals surface area (Å²) in [4.78, 5) is 12.3. The van der Waals surface area contributed by atoms with Gasteiger partial charge in [0.1, 0.15) is 4.60 Å². The number of fused-ring (bicyclic) bond motifs is 1. The Bertz CT molecular complexity index is 377. The van der Waals surface area contributed by atoms with Crippen molar-refractivity contribution in [3.05, 3.63) is 16.4 Å². The molecule has 1 aliphatic rings. The van der Waals surface area contributed by atoms with E-state index in [0.29, 0.717) is 13.1 Å². The van der Waals surface area contributed by atoms with Crippen LogP contribution in [0.4, 0.5) is 4.79 Å². The number of hydrogen-bond acceptors (Lipinski definition) is 2. The molecule has 1 atom stereocenters. The number of carboxylic acid groups (broad SMARTS) is 1. The normalized spacial score (nSPS) is 20.7. The van der Waals surface area contributed by atoms with Crippen molar-refractivity contribution in [2.45, 2.75) is 26.1 Å². The van der Waals surface area contributed by atoms with Crippen molar-refractivity contribution >= 4 is 22.0 Å². The zero-order chi connectivity index (χ0) is 10.3. The van der Waals surface area contributed by atoms with Gasteiger partial charge in [0.25, 0.3) is 0 Å². The molecule has 2 heterocycles. The van der Waals surface area contributed by atoms with Gasteiger partial charge in [0.15, 0.2) is 0 Å². The Morgan fingerprint density at radius 3 is 3.14 bits per heavy atom. The van der Waals surface area contributed by atoms with Crippen LogP contribution in [0.25, 0.3) is 0 Å². The maximum atomic E-state index is 10.9. The molecule has 1 aliphatic heterocycles. The van der Waals surface area contributed by atoms with E-state index >= 15 is 0 Å². The molecule has 0 spiro atoms. The highest BCUT2D eigenvalue weighted by atomic mass is 79.9. The maximum Gasteiger partial charge on any atom is 0.407 e. The van der Waals surface area contributed by atoms with Gasteiger partial charge in [0.05, 0.1) is 24.8 Å². The number of aromatic nitrogens is 2. The van der Waals surface area contributed by atoms with Crippen LogP contribution in [0.1, 0.15) is 12.6 Å². The highest BCUT2D eigenvalue weighted by Gasteiger charge is 2.27. The van der Waals surface area contributed by atoms with Crippen molar-refractivity contribution in [2.75, 3.05) is 0 Å². The van der Waals surface area contributed by atoms with E-state index in [1.54, 1.807) is 0 Å². The second kappa shape index (κ2) is 3.27. The van der Waals surface area contributed by atoms with E-state index in [0.717, 1.165) is 10.3 Å². The van der Waals surface area contributed by atoms with Gasteiger partial charge in [-0.2, -0.15) is 5.10 Å². The summed E-state index contributed by atoms with van der Waals surface area (Å²) in [5.41, 5.74) is 0.928. The number of hydrogen-bond donors (Lipinski definition) is 1. The summed E-state index contributed by atoms with van der Waals surface area (Å²) >= 11 is 3.27. The molecule has 0 radical (unpaired) electrons. The Balaban J connectivity index is 2.30. The van der Waals surface area contributed by atoms with E-state index in [-0.39, 0.29) is 6.04 Å². The Labute approximate surface area is 89.4 Å². The summed E-state index contributed by atoms with van der Waals surface area (Å²) in [6.07, 6.45) is -0.874. The van der Waals surface area contributed by atoms with Gasteiger partial charge in [-0.1, -0.05) is 0 Å². The third kappa shape index (κ3) is 1.50. The Morgan fingerprint density at radius 1 is 1.79 bits per heavy atom. The second-order valence-electron chi connectivity index (χ2n) is 3.40. The fourth-order valence-electron chi connectivity index (χ4n) is 1.64. The molecule has 0 saturated carbocycles. The van der Waals surface area contributed by atoms with E-state index in [1.165, 1.54) is 4.90 Å². The lowest BCUT2D eigenvalue weighted by Crippen LogP contribution is -2.44. The molecule has 0 bridgehead atoms. The summed E-state index contributed by atoms with van der Waals surface area (Å²) in [6.45, 7) is 2.91. The van der Waals surface area contributed by atoms with Gasteiger partial charge >= 0.3 is 6.09 Å². The lowest BCUT2D eigenvalue weighted by molar-refractivity contribution is 0.105. The van der Waals surface area contributed by atoms with E-state index in [9.17, 15) is 4.79 Å². The number of carbonyl (C=O) groups is 1. The molecule has 5 nitrogen and oxygen atoms in total. The van der Waals surface area contributed by atoms with Gasteiger partial charge in [-0.15, -0.1) is 0 Å². The minimum atomic E-state index is -0.874. The monoisotopic (exact) mass is 259 g/mol. The zero-order valence-corrected chi connectivity index (χ0v) is 9.23. The largest absolute Gasteiger partial charge is 0.465 e. The average Bonchev–Trinajstić information content (AvgIpc) is 2.42. The minimum absolute atomic E-state index is 0.0215. The van der Waals surface area contributed by atoms with Crippen molar-refractivity contribution < 1.29 is 9.90 Å². The molecule has 0 saturated heterocycles. The van der Waals surface area contributed by atoms with Crippen LogP contribution in [-0.4, -0.2) is 31.9 Å². The highest BCUT2D eigenvalue weighted by Crippen LogP contribution is 2.20. The van der Waals surface area contributed by atoms with Crippen LogP contribution in [0, 0.1) is 0 Å². The Kier molecular flexibility index (Phi) is 2.22. The van der Waals surface area contributed by atoms with Crippen LogP contribution in [0.3, 0.4) is 0 Å². The summed E-state index contributed by atoms with van der Waals surface area (Å²) in [6, 6.07) is 1.83. The summed E-state index contributed by atoms with van der Waals surface area (Å²) in [7, 11) is 0. The van der Waals surface area contributed by atoms with Gasteiger partial charge in [0, 0.05) is 0 Å². The third-order valence-corrected chi connectivity index (χ3v) is 2.77. The van der Waals surface area contributed by atoms with Crippen LogP contribution in [0.15, 0.2) is 10.7 Å². The lowest BCUT2D eigenvalue weighted by Gasteiger charge is -2.31. The molecule has 6 heteroatoms. The third-order valence-electron chi connectivity index (χ3n) is 2.38. The quantitative estimate of drug-likeness (QED) is 0.769. The smallest absolute Gasteiger partial charge is 0.407 e. The van der Waals surface area contributed by atoms with Gasteiger partial charge in [-0.3, -0.25) is 9.58 Å². The number of amides is 1. The predicted molar refractivity (Wildman–Crippen MR) is 53.0 cm³/mol. The number of halogens is 1. The van der Waals surface area contributed by atoms with E-state index in [1.807, 2.05) is 17.7 Å². The van der Waals surface area contributed by atoms with E-state index in [4.69, 9.17) is 5.11 Å². The molecule has 1 aromatic rings. The average molecular weight is 260 g/mol. The Hall–Kier alpha value is -1.04. The molecule has 1 aromatic heterocycles. The molecule has 1 unspecified atom stereocenters. The fraction of sp³-hybridized carbons (Fsp3) is 0.500.